The van der Waals surface area contributed by atoms with Gasteiger partial charge in [0.1, 0.15) is 16.8 Å². The molecule has 0 aliphatic heterocycles. The molecule has 0 bridgehead atoms. The summed E-state index contributed by atoms with van der Waals surface area (Å²) in [6, 6.07) is 16.2. The van der Waals surface area contributed by atoms with Crippen LogP contribution in [0.4, 0.5) is 13.2 Å². The molecule has 3 nitrogen and oxygen atoms in total. The highest BCUT2D eigenvalue weighted by Gasteiger charge is 2.32. The van der Waals surface area contributed by atoms with Crippen molar-refractivity contribution in [3.63, 3.8) is 0 Å². The average molecular weight is 438 g/mol. The molecule has 2 aromatic carbocycles. The van der Waals surface area contributed by atoms with E-state index in [1.54, 1.807) is 6.07 Å². The summed E-state index contributed by atoms with van der Waals surface area (Å²) in [5.41, 5.74) is -0.250. The summed E-state index contributed by atoms with van der Waals surface area (Å²) in [4.78, 5) is 12.5. The molecule has 3 rings (SSSR count). The van der Waals surface area contributed by atoms with Crippen LogP contribution in [0.5, 0.6) is 5.75 Å². The van der Waals surface area contributed by atoms with E-state index in [2.05, 4.69) is 15.9 Å². The zero-order valence-electron chi connectivity index (χ0n) is 14.0. The van der Waals surface area contributed by atoms with Gasteiger partial charge >= 0.3 is 6.18 Å². The summed E-state index contributed by atoms with van der Waals surface area (Å²) in [5, 5.41) is 0. The van der Waals surface area contributed by atoms with Crippen LogP contribution in [0.3, 0.4) is 0 Å². The molecular weight excluding hydrogens is 423 g/mol. The van der Waals surface area contributed by atoms with Crippen LogP contribution < -0.4 is 10.3 Å². The number of aromatic nitrogens is 1. The predicted octanol–water partition coefficient (Wildman–Crippen LogP) is 5.26. The Bertz CT molecular complexity index is 985. The fourth-order valence-electron chi connectivity index (χ4n) is 2.62. The number of halogens is 4. The number of rotatable bonds is 5. The quantitative estimate of drug-likeness (QED) is 0.545. The number of nitrogens with zero attached hydrogens (tertiary/aromatic N) is 1. The number of hydrogen-bond donors (Lipinski definition) is 0. The van der Waals surface area contributed by atoms with Crippen LogP contribution in [0.25, 0.3) is 0 Å². The zero-order valence-corrected chi connectivity index (χ0v) is 15.6. The van der Waals surface area contributed by atoms with Crippen LogP contribution in [0.2, 0.25) is 0 Å². The van der Waals surface area contributed by atoms with Gasteiger partial charge in [-0.3, -0.25) is 4.79 Å². The third-order valence-electron chi connectivity index (χ3n) is 3.97. The van der Waals surface area contributed by atoms with Gasteiger partial charge in [0.15, 0.2) is 0 Å². The largest absolute Gasteiger partial charge is 0.487 e. The Hall–Kier alpha value is -2.54. The molecule has 0 aliphatic rings. The lowest BCUT2D eigenvalue weighted by Crippen LogP contribution is -2.23. The van der Waals surface area contributed by atoms with Crippen molar-refractivity contribution < 1.29 is 17.9 Å². The monoisotopic (exact) mass is 437 g/mol. The topological polar surface area (TPSA) is 31.2 Å². The number of pyridine rings is 1. The van der Waals surface area contributed by atoms with Crippen molar-refractivity contribution in [3.05, 3.63) is 98.4 Å². The Morgan fingerprint density at radius 3 is 2.33 bits per heavy atom. The van der Waals surface area contributed by atoms with Gasteiger partial charge in [0.25, 0.3) is 5.56 Å². The second-order valence-electron chi connectivity index (χ2n) is 5.86. The highest BCUT2D eigenvalue weighted by atomic mass is 79.9. The van der Waals surface area contributed by atoms with E-state index in [9.17, 15) is 18.0 Å². The molecule has 0 amide bonds. The molecule has 140 valence electrons. The molecule has 0 saturated carbocycles. The lowest BCUT2D eigenvalue weighted by molar-refractivity contribution is -0.138. The van der Waals surface area contributed by atoms with E-state index < -0.39 is 17.3 Å². The minimum absolute atomic E-state index is 0.0250. The zero-order chi connectivity index (χ0) is 19.4. The molecular formula is C20H15BrF3NO2. The molecule has 0 spiro atoms. The second kappa shape index (κ2) is 8.00. The third kappa shape index (κ3) is 4.60. The van der Waals surface area contributed by atoms with Gasteiger partial charge in [-0.05, 0) is 39.2 Å². The summed E-state index contributed by atoms with van der Waals surface area (Å²) in [7, 11) is 0. The Kier molecular flexibility index (Phi) is 5.70. The van der Waals surface area contributed by atoms with Crippen LogP contribution in [-0.2, 0) is 19.3 Å². The summed E-state index contributed by atoms with van der Waals surface area (Å²) in [6.45, 7) is 0.0892. The molecule has 0 radical (unpaired) electrons. The Morgan fingerprint density at radius 2 is 1.63 bits per heavy atom. The van der Waals surface area contributed by atoms with Crippen molar-refractivity contribution in [2.24, 2.45) is 0 Å². The Morgan fingerprint density at radius 1 is 0.963 bits per heavy atom. The van der Waals surface area contributed by atoms with Crippen molar-refractivity contribution in [3.8, 4) is 5.75 Å². The number of benzene rings is 2. The standard InChI is InChI=1S/C20H15BrF3NO2/c21-18-17(27-13-14-6-2-1-3-7-14)10-11-25(19(18)26)12-15-8-4-5-9-16(15)20(22,23)24/h1-11H,12-13H2. The number of hydrogen-bond acceptors (Lipinski definition) is 2. The van der Waals surface area contributed by atoms with Gasteiger partial charge in [-0.15, -0.1) is 0 Å². The Labute approximate surface area is 162 Å². The first-order chi connectivity index (χ1) is 12.9. The highest BCUT2D eigenvalue weighted by Crippen LogP contribution is 2.32. The maximum atomic E-state index is 13.1. The predicted molar refractivity (Wildman–Crippen MR) is 99.7 cm³/mol. The SMILES string of the molecule is O=c1c(Br)c(OCc2ccccc2)ccn1Cc1ccccc1C(F)(F)F. The molecule has 0 fully saturated rings. The molecule has 0 N–H and O–H groups in total. The highest BCUT2D eigenvalue weighted by molar-refractivity contribution is 9.10. The molecule has 1 heterocycles. The van der Waals surface area contributed by atoms with Crippen LogP contribution in [0.1, 0.15) is 16.7 Å². The summed E-state index contributed by atoms with van der Waals surface area (Å²) < 4.78 is 46.5. The normalized spacial score (nSPS) is 11.4. The van der Waals surface area contributed by atoms with Crippen LogP contribution >= 0.6 is 15.9 Å². The van der Waals surface area contributed by atoms with Gasteiger partial charge in [0.05, 0.1) is 12.1 Å². The van der Waals surface area contributed by atoms with Gasteiger partial charge < -0.3 is 9.30 Å². The van der Waals surface area contributed by atoms with Crippen molar-refractivity contribution >= 4 is 15.9 Å². The van der Waals surface area contributed by atoms with Gasteiger partial charge in [0.2, 0.25) is 0 Å². The van der Waals surface area contributed by atoms with E-state index in [1.807, 2.05) is 30.3 Å². The molecule has 0 unspecified atom stereocenters. The molecule has 0 saturated heterocycles. The van der Waals surface area contributed by atoms with E-state index in [0.717, 1.165) is 11.6 Å². The summed E-state index contributed by atoms with van der Waals surface area (Å²) in [6.07, 6.45) is -3.04. The van der Waals surface area contributed by atoms with Crippen molar-refractivity contribution in [1.29, 1.82) is 0 Å². The molecule has 0 atom stereocenters. The maximum Gasteiger partial charge on any atom is 0.416 e. The number of ether oxygens (including phenoxy) is 1. The van der Waals surface area contributed by atoms with E-state index >= 15 is 0 Å². The first-order valence-corrected chi connectivity index (χ1v) is 8.86. The fraction of sp³-hybridized carbons (Fsp3) is 0.150. The van der Waals surface area contributed by atoms with E-state index in [1.165, 1.54) is 29.0 Å². The van der Waals surface area contributed by atoms with Crippen molar-refractivity contribution in [2.45, 2.75) is 19.3 Å². The first kappa shape index (κ1) is 19.2. The van der Waals surface area contributed by atoms with Gasteiger partial charge in [-0.2, -0.15) is 13.2 Å². The molecule has 3 aromatic rings. The van der Waals surface area contributed by atoms with Crippen LogP contribution in [-0.4, -0.2) is 4.57 Å². The molecule has 1 aromatic heterocycles. The van der Waals surface area contributed by atoms with Crippen molar-refractivity contribution in [2.75, 3.05) is 0 Å². The smallest absolute Gasteiger partial charge is 0.416 e. The van der Waals surface area contributed by atoms with Crippen molar-refractivity contribution in [1.82, 2.24) is 4.57 Å². The summed E-state index contributed by atoms with van der Waals surface area (Å²) in [5.74, 6) is 0.337. The summed E-state index contributed by atoms with van der Waals surface area (Å²) >= 11 is 3.20. The minimum atomic E-state index is -4.48. The average Bonchev–Trinajstić information content (AvgIpc) is 2.65. The number of alkyl halides is 3. The first-order valence-electron chi connectivity index (χ1n) is 8.07. The third-order valence-corrected chi connectivity index (χ3v) is 4.70. The van der Waals surface area contributed by atoms with Gasteiger partial charge in [0, 0.05) is 6.20 Å². The van der Waals surface area contributed by atoms with Gasteiger partial charge in [-0.1, -0.05) is 48.5 Å². The molecule has 7 heteroatoms. The maximum absolute atomic E-state index is 13.1. The van der Waals surface area contributed by atoms with E-state index in [-0.39, 0.29) is 23.2 Å². The van der Waals surface area contributed by atoms with E-state index in [0.29, 0.717) is 5.75 Å². The van der Waals surface area contributed by atoms with Crippen LogP contribution in [0, 0.1) is 0 Å². The lowest BCUT2D eigenvalue weighted by Gasteiger charge is -2.15. The molecule has 27 heavy (non-hydrogen) atoms. The minimum Gasteiger partial charge on any atom is -0.487 e. The van der Waals surface area contributed by atoms with Crippen LogP contribution in [0.15, 0.2) is 76.1 Å². The van der Waals surface area contributed by atoms with Gasteiger partial charge in [-0.25, -0.2) is 0 Å². The fourth-order valence-corrected chi connectivity index (χ4v) is 3.09. The second-order valence-corrected chi connectivity index (χ2v) is 6.65. The Balaban J connectivity index is 1.83. The lowest BCUT2D eigenvalue weighted by atomic mass is 10.1. The van der Waals surface area contributed by atoms with E-state index in [4.69, 9.17) is 4.74 Å². The molecule has 0 aliphatic carbocycles.